The second-order valence-electron chi connectivity index (χ2n) is 4.31. The molecule has 90 valence electrons. The zero-order valence-corrected chi connectivity index (χ0v) is 11.1. The Morgan fingerprint density at radius 2 is 2.12 bits per heavy atom. The third-order valence-corrected chi connectivity index (χ3v) is 3.20. The lowest BCUT2D eigenvalue weighted by Gasteiger charge is -2.16. The van der Waals surface area contributed by atoms with Crippen molar-refractivity contribution in [1.29, 1.82) is 0 Å². The van der Waals surface area contributed by atoms with Crippen LogP contribution < -0.4 is 5.32 Å². The summed E-state index contributed by atoms with van der Waals surface area (Å²) >= 11 is 5.94. The van der Waals surface area contributed by atoms with Crippen molar-refractivity contribution in [3.63, 3.8) is 0 Å². The van der Waals surface area contributed by atoms with Crippen molar-refractivity contribution in [2.24, 2.45) is 5.92 Å². The van der Waals surface area contributed by atoms with Gasteiger partial charge in [-0.1, -0.05) is 50.8 Å². The number of rotatable bonds is 7. The Morgan fingerprint density at radius 1 is 1.31 bits per heavy atom. The van der Waals surface area contributed by atoms with E-state index in [-0.39, 0.29) is 0 Å². The molecule has 0 saturated carbocycles. The van der Waals surface area contributed by atoms with E-state index in [1.165, 1.54) is 25.7 Å². The average Bonchev–Trinajstić information content (AvgIpc) is 2.29. The summed E-state index contributed by atoms with van der Waals surface area (Å²) < 4.78 is 0. The van der Waals surface area contributed by atoms with Crippen LogP contribution in [0.4, 0.5) is 5.69 Å². The molecule has 0 bridgehead atoms. The molecule has 1 N–H and O–H groups in total. The lowest BCUT2D eigenvalue weighted by Crippen LogP contribution is -2.13. The molecule has 0 saturated heterocycles. The minimum Gasteiger partial charge on any atom is -0.385 e. The SMILES string of the molecule is CCCCC(CC)CNc1cccc(Cl)c1. The molecule has 2 heteroatoms. The molecule has 1 unspecified atom stereocenters. The first-order chi connectivity index (χ1) is 7.76. The van der Waals surface area contributed by atoms with E-state index in [0.717, 1.165) is 23.2 Å². The highest BCUT2D eigenvalue weighted by Crippen LogP contribution is 2.17. The molecule has 1 aromatic carbocycles. The van der Waals surface area contributed by atoms with Gasteiger partial charge in [-0.05, 0) is 30.5 Å². The van der Waals surface area contributed by atoms with Gasteiger partial charge in [0.15, 0.2) is 0 Å². The van der Waals surface area contributed by atoms with Gasteiger partial charge in [-0.2, -0.15) is 0 Å². The summed E-state index contributed by atoms with van der Waals surface area (Å²) in [5.74, 6) is 0.777. The van der Waals surface area contributed by atoms with Gasteiger partial charge in [0.25, 0.3) is 0 Å². The Balaban J connectivity index is 2.37. The van der Waals surface area contributed by atoms with E-state index in [1.807, 2.05) is 18.2 Å². The van der Waals surface area contributed by atoms with Crippen LogP contribution in [0.5, 0.6) is 0 Å². The predicted octanol–water partition coefficient (Wildman–Crippen LogP) is 4.97. The Kier molecular flexibility index (Phi) is 6.32. The highest BCUT2D eigenvalue weighted by Gasteiger charge is 2.05. The van der Waals surface area contributed by atoms with E-state index >= 15 is 0 Å². The lowest BCUT2D eigenvalue weighted by molar-refractivity contribution is 0.473. The minimum absolute atomic E-state index is 0.777. The molecule has 0 aliphatic heterocycles. The van der Waals surface area contributed by atoms with E-state index in [2.05, 4.69) is 25.2 Å². The minimum atomic E-state index is 0.777. The van der Waals surface area contributed by atoms with Crippen molar-refractivity contribution >= 4 is 17.3 Å². The number of unbranched alkanes of at least 4 members (excludes halogenated alkanes) is 1. The molecule has 0 aromatic heterocycles. The molecule has 1 rings (SSSR count). The third kappa shape index (κ3) is 4.89. The van der Waals surface area contributed by atoms with Gasteiger partial charge < -0.3 is 5.32 Å². The Labute approximate surface area is 104 Å². The summed E-state index contributed by atoms with van der Waals surface area (Å²) in [5.41, 5.74) is 1.13. The molecule has 0 fully saturated rings. The maximum atomic E-state index is 5.94. The molecule has 0 spiro atoms. The highest BCUT2D eigenvalue weighted by atomic mass is 35.5. The monoisotopic (exact) mass is 239 g/mol. The zero-order chi connectivity index (χ0) is 11.8. The molecule has 0 heterocycles. The fraction of sp³-hybridized carbons (Fsp3) is 0.571. The second-order valence-corrected chi connectivity index (χ2v) is 4.74. The van der Waals surface area contributed by atoms with Crippen molar-refractivity contribution in [2.45, 2.75) is 39.5 Å². The van der Waals surface area contributed by atoms with Crippen LogP contribution in [0.1, 0.15) is 39.5 Å². The van der Waals surface area contributed by atoms with Crippen LogP contribution in [-0.2, 0) is 0 Å². The molecule has 0 radical (unpaired) electrons. The standard InChI is InChI=1S/C14H22ClN/c1-3-5-7-12(4-2)11-16-14-9-6-8-13(15)10-14/h6,8-10,12,16H,3-5,7,11H2,1-2H3. The van der Waals surface area contributed by atoms with Gasteiger partial charge in [0.05, 0.1) is 0 Å². The van der Waals surface area contributed by atoms with Crippen LogP contribution in [-0.4, -0.2) is 6.54 Å². The highest BCUT2D eigenvalue weighted by molar-refractivity contribution is 6.30. The maximum Gasteiger partial charge on any atom is 0.0426 e. The molecule has 1 nitrogen and oxygen atoms in total. The second kappa shape index (κ2) is 7.56. The summed E-state index contributed by atoms with van der Waals surface area (Å²) in [6.07, 6.45) is 5.18. The summed E-state index contributed by atoms with van der Waals surface area (Å²) in [6.45, 7) is 5.56. The van der Waals surface area contributed by atoms with E-state index in [9.17, 15) is 0 Å². The molecule has 1 atom stereocenters. The maximum absolute atomic E-state index is 5.94. The van der Waals surface area contributed by atoms with Gasteiger partial charge in [-0.3, -0.25) is 0 Å². The van der Waals surface area contributed by atoms with Gasteiger partial charge in [0, 0.05) is 17.3 Å². The number of halogens is 1. The van der Waals surface area contributed by atoms with Crippen molar-refractivity contribution in [3.05, 3.63) is 29.3 Å². The molecule has 16 heavy (non-hydrogen) atoms. The molecular weight excluding hydrogens is 218 g/mol. The van der Waals surface area contributed by atoms with Crippen molar-refractivity contribution in [1.82, 2.24) is 0 Å². The van der Waals surface area contributed by atoms with Crippen LogP contribution in [0.3, 0.4) is 0 Å². The Morgan fingerprint density at radius 3 is 2.75 bits per heavy atom. The van der Waals surface area contributed by atoms with Gasteiger partial charge in [0.2, 0.25) is 0 Å². The largest absolute Gasteiger partial charge is 0.385 e. The van der Waals surface area contributed by atoms with Crippen molar-refractivity contribution < 1.29 is 0 Å². The fourth-order valence-corrected chi connectivity index (χ4v) is 1.99. The number of benzene rings is 1. The summed E-state index contributed by atoms with van der Waals surface area (Å²) in [7, 11) is 0. The quantitative estimate of drug-likeness (QED) is 0.709. The predicted molar refractivity (Wildman–Crippen MR) is 73.2 cm³/mol. The van der Waals surface area contributed by atoms with Gasteiger partial charge in [0.1, 0.15) is 0 Å². The first-order valence-corrected chi connectivity index (χ1v) is 6.63. The van der Waals surface area contributed by atoms with Gasteiger partial charge >= 0.3 is 0 Å². The topological polar surface area (TPSA) is 12.0 Å². The van der Waals surface area contributed by atoms with Crippen LogP contribution in [0.2, 0.25) is 5.02 Å². The fourth-order valence-electron chi connectivity index (χ4n) is 1.80. The molecule has 1 aromatic rings. The molecule has 0 aliphatic rings. The first-order valence-electron chi connectivity index (χ1n) is 6.25. The summed E-state index contributed by atoms with van der Waals surface area (Å²) in [4.78, 5) is 0. The molecule has 0 aliphatic carbocycles. The van der Waals surface area contributed by atoms with E-state index < -0.39 is 0 Å². The number of hydrogen-bond donors (Lipinski definition) is 1. The smallest absolute Gasteiger partial charge is 0.0426 e. The lowest BCUT2D eigenvalue weighted by atomic mass is 9.99. The van der Waals surface area contributed by atoms with Crippen molar-refractivity contribution in [2.75, 3.05) is 11.9 Å². The number of anilines is 1. The van der Waals surface area contributed by atoms with Gasteiger partial charge in [-0.25, -0.2) is 0 Å². The van der Waals surface area contributed by atoms with Gasteiger partial charge in [-0.15, -0.1) is 0 Å². The molecular formula is C14H22ClN. The van der Waals surface area contributed by atoms with E-state index in [1.54, 1.807) is 0 Å². The Hall–Kier alpha value is -0.690. The average molecular weight is 240 g/mol. The summed E-state index contributed by atoms with van der Waals surface area (Å²) in [6, 6.07) is 7.94. The van der Waals surface area contributed by atoms with E-state index in [0.29, 0.717) is 0 Å². The number of nitrogens with one attached hydrogen (secondary N) is 1. The van der Waals surface area contributed by atoms with Crippen molar-refractivity contribution in [3.8, 4) is 0 Å². The van der Waals surface area contributed by atoms with Crippen LogP contribution in [0, 0.1) is 5.92 Å². The Bertz CT molecular complexity index is 299. The number of hydrogen-bond acceptors (Lipinski definition) is 1. The first kappa shape index (κ1) is 13.4. The summed E-state index contributed by atoms with van der Waals surface area (Å²) in [5, 5.41) is 4.26. The normalized spacial score (nSPS) is 12.4. The van der Waals surface area contributed by atoms with Crippen LogP contribution >= 0.6 is 11.6 Å². The van der Waals surface area contributed by atoms with E-state index in [4.69, 9.17) is 11.6 Å². The zero-order valence-electron chi connectivity index (χ0n) is 10.3. The molecule has 0 amide bonds. The van der Waals surface area contributed by atoms with Crippen LogP contribution in [0.15, 0.2) is 24.3 Å². The third-order valence-electron chi connectivity index (χ3n) is 2.96. The van der Waals surface area contributed by atoms with Crippen LogP contribution in [0.25, 0.3) is 0 Å².